The van der Waals surface area contributed by atoms with E-state index < -0.39 is 0 Å². The number of benzene rings is 1. The van der Waals surface area contributed by atoms with E-state index >= 15 is 0 Å². The monoisotopic (exact) mass is 322 g/mol. The molecule has 4 rings (SSSR count). The van der Waals surface area contributed by atoms with E-state index in [-0.39, 0.29) is 11.0 Å². The fraction of sp³-hybridized carbons (Fsp3) is 0.118. The van der Waals surface area contributed by atoms with Crippen LogP contribution in [0, 0.1) is 0 Å². The smallest absolute Gasteiger partial charge is 0.196 e. The number of hydrogen-bond donors (Lipinski definition) is 1. The minimum Gasteiger partial charge on any atom is -0.360 e. The molecule has 1 aromatic carbocycles. The van der Waals surface area contributed by atoms with Gasteiger partial charge in [-0.05, 0) is 25.1 Å². The van der Waals surface area contributed by atoms with Crippen LogP contribution in [0.3, 0.4) is 0 Å². The second-order valence-electron chi connectivity index (χ2n) is 5.28. The van der Waals surface area contributed by atoms with Gasteiger partial charge in [0.05, 0.1) is 5.25 Å². The molecule has 0 spiro atoms. The highest BCUT2D eigenvalue weighted by atomic mass is 32.2. The summed E-state index contributed by atoms with van der Waals surface area (Å²) < 4.78 is 1.89. The lowest BCUT2D eigenvalue weighted by molar-refractivity contribution is 0.0995. The van der Waals surface area contributed by atoms with Gasteiger partial charge in [0.2, 0.25) is 0 Å². The molecule has 3 heterocycles. The molecule has 3 aromatic heterocycles. The molecular weight excluding hydrogens is 308 g/mol. The van der Waals surface area contributed by atoms with Gasteiger partial charge in [-0.25, -0.2) is 0 Å². The number of H-pyrrole nitrogens is 1. The second-order valence-corrected chi connectivity index (χ2v) is 6.59. The third-order valence-electron chi connectivity index (χ3n) is 3.79. The van der Waals surface area contributed by atoms with Gasteiger partial charge in [0.1, 0.15) is 0 Å². The molecule has 0 bridgehead atoms. The third kappa shape index (κ3) is 2.41. The predicted octanol–water partition coefficient (Wildman–Crippen LogP) is 3.57. The Morgan fingerprint density at radius 3 is 2.91 bits per heavy atom. The van der Waals surface area contributed by atoms with Crippen molar-refractivity contribution in [3.8, 4) is 0 Å². The molecule has 1 atom stereocenters. The Bertz CT molecular complexity index is 1000. The van der Waals surface area contributed by atoms with Gasteiger partial charge in [0.15, 0.2) is 16.6 Å². The largest absolute Gasteiger partial charge is 0.360 e. The number of fused-ring (bicyclic) bond motifs is 2. The molecule has 0 saturated carbocycles. The lowest BCUT2D eigenvalue weighted by atomic mass is 10.1. The van der Waals surface area contributed by atoms with Crippen molar-refractivity contribution in [1.82, 2.24) is 19.6 Å². The summed E-state index contributed by atoms with van der Waals surface area (Å²) in [6, 6.07) is 13.6. The summed E-state index contributed by atoms with van der Waals surface area (Å²) in [6.07, 6.45) is 3.69. The van der Waals surface area contributed by atoms with Crippen LogP contribution in [0.4, 0.5) is 0 Å². The number of ketones is 1. The molecule has 0 aliphatic heterocycles. The normalized spacial score (nSPS) is 12.7. The summed E-state index contributed by atoms with van der Waals surface area (Å²) in [6.45, 7) is 1.90. The highest BCUT2D eigenvalue weighted by Crippen LogP contribution is 2.27. The summed E-state index contributed by atoms with van der Waals surface area (Å²) in [4.78, 5) is 15.9. The van der Waals surface area contributed by atoms with Crippen molar-refractivity contribution < 1.29 is 4.79 Å². The molecule has 1 unspecified atom stereocenters. The van der Waals surface area contributed by atoms with Crippen LogP contribution in [0.5, 0.6) is 0 Å². The van der Waals surface area contributed by atoms with Gasteiger partial charge in [-0.1, -0.05) is 36.0 Å². The van der Waals surface area contributed by atoms with Gasteiger partial charge in [0, 0.05) is 28.9 Å². The summed E-state index contributed by atoms with van der Waals surface area (Å²) in [5, 5.41) is 9.73. The van der Waals surface area contributed by atoms with Crippen molar-refractivity contribution in [1.29, 1.82) is 0 Å². The topological polar surface area (TPSA) is 63.1 Å². The Kier molecular flexibility index (Phi) is 3.38. The van der Waals surface area contributed by atoms with Gasteiger partial charge in [-0.15, -0.1) is 10.2 Å². The zero-order valence-electron chi connectivity index (χ0n) is 12.4. The number of carbonyl (C=O) groups is 1. The standard InChI is InChI=1S/C17H14N4OS/c1-11(23-17-20-19-15-8-4-5-9-21(15)17)16(22)13-10-18-14-7-3-2-6-12(13)14/h2-11,18H,1H3. The highest BCUT2D eigenvalue weighted by molar-refractivity contribution is 8.00. The van der Waals surface area contributed by atoms with Gasteiger partial charge in [-0.2, -0.15) is 0 Å². The fourth-order valence-corrected chi connectivity index (χ4v) is 3.51. The van der Waals surface area contributed by atoms with Crippen LogP contribution in [0.15, 0.2) is 60.0 Å². The molecule has 1 N–H and O–H groups in total. The van der Waals surface area contributed by atoms with Crippen LogP contribution in [-0.4, -0.2) is 30.6 Å². The molecule has 0 saturated heterocycles. The summed E-state index contributed by atoms with van der Waals surface area (Å²) >= 11 is 1.42. The van der Waals surface area contributed by atoms with Gasteiger partial charge >= 0.3 is 0 Å². The first-order chi connectivity index (χ1) is 11.2. The first-order valence-corrected chi connectivity index (χ1v) is 8.19. The average Bonchev–Trinajstić information content (AvgIpc) is 3.19. The quantitative estimate of drug-likeness (QED) is 0.461. The number of aromatic amines is 1. The van der Waals surface area contributed by atoms with E-state index in [1.54, 1.807) is 6.20 Å². The van der Waals surface area contributed by atoms with E-state index in [0.717, 1.165) is 27.3 Å². The zero-order valence-corrected chi connectivity index (χ0v) is 13.2. The molecule has 6 heteroatoms. The van der Waals surface area contributed by atoms with Crippen LogP contribution in [0.2, 0.25) is 0 Å². The van der Waals surface area contributed by atoms with Crippen LogP contribution >= 0.6 is 11.8 Å². The SMILES string of the molecule is CC(Sc1nnc2ccccn12)C(=O)c1c[nH]c2ccccc12. The lowest BCUT2D eigenvalue weighted by Gasteiger charge is -2.08. The van der Waals surface area contributed by atoms with Crippen LogP contribution in [0.25, 0.3) is 16.6 Å². The zero-order chi connectivity index (χ0) is 15.8. The Balaban J connectivity index is 1.64. The number of Topliss-reactive ketones (excluding diaryl/α,β-unsaturated/α-hetero) is 1. The predicted molar refractivity (Wildman–Crippen MR) is 90.9 cm³/mol. The maximum Gasteiger partial charge on any atom is 0.196 e. The maximum atomic E-state index is 12.8. The van der Waals surface area contributed by atoms with Gasteiger partial charge in [0.25, 0.3) is 0 Å². The summed E-state index contributed by atoms with van der Waals surface area (Å²) in [5.41, 5.74) is 2.47. The molecule has 0 aliphatic rings. The second kappa shape index (κ2) is 5.55. The van der Waals surface area contributed by atoms with Crippen molar-refractivity contribution in [3.05, 3.63) is 60.4 Å². The van der Waals surface area contributed by atoms with Crippen molar-refractivity contribution in [3.63, 3.8) is 0 Å². The van der Waals surface area contributed by atoms with Crippen molar-refractivity contribution >= 4 is 34.1 Å². The molecule has 5 nitrogen and oxygen atoms in total. The number of carbonyl (C=O) groups excluding carboxylic acids is 1. The Morgan fingerprint density at radius 2 is 2.00 bits per heavy atom. The molecule has 4 aromatic rings. The van der Waals surface area contributed by atoms with Crippen molar-refractivity contribution in [2.75, 3.05) is 0 Å². The first-order valence-electron chi connectivity index (χ1n) is 7.31. The average molecular weight is 322 g/mol. The van der Waals surface area contributed by atoms with Gasteiger partial charge in [-0.3, -0.25) is 9.20 Å². The van der Waals surface area contributed by atoms with Crippen LogP contribution < -0.4 is 0 Å². The molecule has 0 aliphatic carbocycles. The van der Waals surface area contributed by atoms with Crippen molar-refractivity contribution in [2.24, 2.45) is 0 Å². The molecule has 114 valence electrons. The van der Waals surface area contributed by atoms with E-state index in [1.165, 1.54) is 11.8 Å². The van der Waals surface area contributed by atoms with E-state index in [2.05, 4.69) is 15.2 Å². The molecule has 23 heavy (non-hydrogen) atoms. The number of nitrogens with zero attached hydrogens (tertiary/aromatic N) is 3. The van der Waals surface area contributed by atoms with E-state index in [0.29, 0.717) is 0 Å². The fourth-order valence-electron chi connectivity index (χ4n) is 2.61. The van der Waals surface area contributed by atoms with E-state index in [1.807, 2.05) is 60.0 Å². The molecule has 0 fully saturated rings. The summed E-state index contributed by atoms with van der Waals surface area (Å²) in [7, 11) is 0. The number of rotatable bonds is 4. The number of thioether (sulfide) groups is 1. The minimum absolute atomic E-state index is 0.0835. The Hall–Kier alpha value is -2.60. The Labute approximate surface area is 136 Å². The first kappa shape index (κ1) is 14.0. The van der Waals surface area contributed by atoms with E-state index in [9.17, 15) is 4.79 Å². The minimum atomic E-state index is -0.248. The number of pyridine rings is 1. The van der Waals surface area contributed by atoms with Crippen LogP contribution in [0.1, 0.15) is 17.3 Å². The maximum absolute atomic E-state index is 12.8. The number of aromatic nitrogens is 4. The number of hydrogen-bond acceptors (Lipinski definition) is 4. The highest BCUT2D eigenvalue weighted by Gasteiger charge is 2.21. The molecule has 0 radical (unpaired) electrons. The number of para-hydroxylation sites is 1. The lowest BCUT2D eigenvalue weighted by Crippen LogP contribution is -2.13. The third-order valence-corrected chi connectivity index (χ3v) is 4.85. The summed E-state index contributed by atoms with van der Waals surface area (Å²) in [5.74, 6) is 0.0835. The van der Waals surface area contributed by atoms with Crippen LogP contribution in [-0.2, 0) is 0 Å². The number of nitrogens with one attached hydrogen (secondary N) is 1. The Morgan fingerprint density at radius 1 is 1.17 bits per heavy atom. The van der Waals surface area contributed by atoms with Gasteiger partial charge < -0.3 is 4.98 Å². The van der Waals surface area contributed by atoms with Crippen molar-refractivity contribution in [2.45, 2.75) is 17.3 Å². The molecular formula is C17H14N4OS. The molecule has 0 amide bonds. The van der Waals surface area contributed by atoms with E-state index in [4.69, 9.17) is 0 Å².